The van der Waals surface area contributed by atoms with Gasteiger partial charge in [-0.15, -0.1) is 6.58 Å². The Labute approximate surface area is 254 Å². The van der Waals surface area contributed by atoms with Gasteiger partial charge in [0.1, 0.15) is 51.7 Å². The Morgan fingerprint density at radius 2 is 1.93 bits per heavy atom. The highest BCUT2D eigenvalue weighted by Gasteiger charge is 2.21. The molecule has 0 bridgehead atoms. The molecule has 222 valence electrons. The number of hydrogen-bond acceptors (Lipinski definition) is 8. The van der Waals surface area contributed by atoms with E-state index in [0.717, 1.165) is 22.0 Å². The van der Waals surface area contributed by atoms with Gasteiger partial charge in [-0.05, 0) is 65.7 Å². The number of nitrogens with one attached hydrogen (secondary N) is 2. The lowest BCUT2D eigenvalue weighted by atomic mass is 10.1. The van der Waals surface area contributed by atoms with Crippen molar-refractivity contribution in [1.82, 2.24) is 15.3 Å². The molecular weight excluding hydrogens is 591 g/mol. The second kappa shape index (κ2) is 13.4. The van der Waals surface area contributed by atoms with E-state index >= 15 is 0 Å². The van der Waals surface area contributed by atoms with Crippen LogP contribution in [0.15, 0.2) is 96.2 Å². The van der Waals surface area contributed by atoms with E-state index in [2.05, 4.69) is 27.2 Å². The summed E-state index contributed by atoms with van der Waals surface area (Å²) in [5, 5.41) is 7.74. The molecule has 0 aliphatic carbocycles. The van der Waals surface area contributed by atoms with E-state index in [9.17, 15) is 12.8 Å². The Balaban J connectivity index is 1.31. The smallest absolute Gasteiger partial charge is 0.149 e. The zero-order chi connectivity index (χ0) is 30.4. The summed E-state index contributed by atoms with van der Waals surface area (Å²) in [6, 6.07) is 20.5. The number of halogens is 2. The molecule has 0 radical (unpaired) electrons. The highest BCUT2D eigenvalue weighted by molar-refractivity contribution is 7.90. The molecule has 5 rings (SSSR count). The lowest BCUT2D eigenvalue weighted by Gasteiger charge is -2.14. The maximum Gasteiger partial charge on any atom is 0.149 e. The standard InChI is InChI=1S/C32H30ClFN4O4S/c1-3-13-35-28(19-43(2,39)40)31-12-11-29(42-31)23-8-9-27-25(16-23)32(38-20-37-27)36-17-21-7-10-30(26(33)15-21)41-18-22-5-4-6-24(34)14-22/h3-12,14-16,20,28,35H,1,13,17-19H2,2H3,(H,36,37,38). The topological polar surface area (TPSA) is 106 Å². The largest absolute Gasteiger partial charge is 0.487 e. The first-order valence-electron chi connectivity index (χ1n) is 13.4. The van der Waals surface area contributed by atoms with Crippen LogP contribution in [0.2, 0.25) is 5.02 Å². The summed E-state index contributed by atoms with van der Waals surface area (Å²) >= 11 is 6.47. The van der Waals surface area contributed by atoms with Gasteiger partial charge >= 0.3 is 0 Å². The number of fused-ring (bicyclic) bond motifs is 1. The van der Waals surface area contributed by atoms with Crippen LogP contribution in [0.1, 0.15) is 22.9 Å². The summed E-state index contributed by atoms with van der Waals surface area (Å²) < 4.78 is 49.3. The Kier molecular flexibility index (Phi) is 9.40. The third kappa shape index (κ3) is 7.98. The van der Waals surface area contributed by atoms with E-state index in [1.165, 1.54) is 24.7 Å². The van der Waals surface area contributed by atoms with Crippen molar-refractivity contribution in [2.75, 3.05) is 23.9 Å². The Morgan fingerprint density at radius 1 is 1.07 bits per heavy atom. The van der Waals surface area contributed by atoms with Gasteiger partial charge in [-0.25, -0.2) is 22.8 Å². The maximum absolute atomic E-state index is 13.4. The van der Waals surface area contributed by atoms with Crippen LogP contribution in [0.4, 0.5) is 10.2 Å². The molecule has 0 aliphatic rings. The van der Waals surface area contributed by atoms with Crippen LogP contribution in [-0.4, -0.2) is 36.9 Å². The molecule has 5 aromatic rings. The van der Waals surface area contributed by atoms with Crippen molar-refractivity contribution in [3.63, 3.8) is 0 Å². The summed E-state index contributed by atoms with van der Waals surface area (Å²) in [5.74, 6) is 1.82. The molecule has 0 aliphatic heterocycles. The van der Waals surface area contributed by atoms with Crippen molar-refractivity contribution < 1.29 is 22.0 Å². The van der Waals surface area contributed by atoms with Crippen molar-refractivity contribution in [3.05, 3.63) is 120 Å². The number of aromatic nitrogens is 2. The first-order chi connectivity index (χ1) is 20.7. The Hall–Kier alpha value is -4.25. The zero-order valence-electron chi connectivity index (χ0n) is 23.4. The lowest BCUT2D eigenvalue weighted by molar-refractivity contribution is 0.305. The molecule has 2 N–H and O–H groups in total. The van der Waals surface area contributed by atoms with Crippen LogP contribution in [0.25, 0.3) is 22.2 Å². The van der Waals surface area contributed by atoms with Crippen molar-refractivity contribution in [3.8, 4) is 17.1 Å². The minimum Gasteiger partial charge on any atom is -0.487 e. The Morgan fingerprint density at radius 3 is 2.70 bits per heavy atom. The van der Waals surface area contributed by atoms with Gasteiger partial charge in [0.15, 0.2) is 0 Å². The third-order valence-electron chi connectivity index (χ3n) is 6.61. The van der Waals surface area contributed by atoms with Gasteiger partial charge in [-0.1, -0.05) is 35.9 Å². The molecule has 0 amide bonds. The zero-order valence-corrected chi connectivity index (χ0v) is 25.0. The van der Waals surface area contributed by atoms with Crippen LogP contribution in [0, 0.1) is 5.82 Å². The first-order valence-corrected chi connectivity index (χ1v) is 15.9. The molecule has 2 heterocycles. The van der Waals surface area contributed by atoms with E-state index in [1.807, 2.05) is 36.4 Å². The van der Waals surface area contributed by atoms with Gasteiger partial charge in [0.2, 0.25) is 0 Å². The minimum absolute atomic E-state index is 0.0997. The molecular formula is C32H30ClFN4O4S. The molecule has 8 nitrogen and oxygen atoms in total. The fourth-order valence-electron chi connectivity index (χ4n) is 4.56. The van der Waals surface area contributed by atoms with Crippen LogP contribution in [-0.2, 0) is 23.0 Å². The van der Waals surface area contributed by atoms with Gasteiger partial charge in [0.25, 0.3) is 0 Å². The van der Waals surface area contributed by atoms with Gasteiger partial charge in [0, 0.05) is 30.3 Å². The van der Waals surface area contributed by atoms with Crippen LogP contribution < -0.4 is 15.4 Å². The molecule has 3 aromatic carbocycles. The predicted octanol–water partition coefficient (Wildman–Crippen LogP) is 6.73. The number of nitrogens with zero attached hydrogens (tertiary/aromatic N) is 2. The lowest BCUT2D eigenvalue weighted by Crippen LogP contribution is -2.27. The highest BCUT2D eigenvalue weighted by atomic mass is 35.5. The molecule has 0 saturated heterocycles. The first kappa shape index (κ1) is 30.2. The van der Waals surface area contributed by atoms with Crippen LogP contribution in [0.3, 0.4) is 0 Å². The van der Waals surface area contributed by atoms with E-state index in [0.29, 0.717) is 46.8 Å². The second-order valence-corrected chi connectivity index (χ2v) is 12.6. The molecule has 0 saturated carbocycles. The molecule has 11 heteroatoms. The van der Waals surface area contributed by atoms with E-state index in [1.54, 1.807) is 30.3 Å². The fraction of sp³-hybridized carbons (Fsp3) is 0.188. The van der Waals surface area contributed by atoms with Crippen molar-refractivity contribution in [2.45, 2.75) is 19.2 Å². The number of rotatable bonds is 13. The predicted molar refractivity (Wildman–Crippen MR) is 167 cm³/mol. The van der Waals surface area contributed by atoms with Gasteiger partial charge < -0.3 is 19.8 Å². The van der Waals surface area contributed by atoms with Crippen molar-refractivity contribution in [1.29, 1.82) is 0 Å². The minimum atomic E-state index is -3.25. The van der Waals surface area contributed by atoms with Gasteiger partial charge in [-0.2, -0.15) is 0 Å². The monoisotopic (exact) mass is 620 g/mol. The summed E-state index contributed by atoms with van der Waals surface area (Å²) in [5.41, 5.74) is 3.15. The van der Waals surface area contributed by atoms with E-state index < -0.39 is 15.9 Å². The Bertz CT molecular complexity index is 1860. The van der Waals surface area contributed by atoms with Crippen LogP contribution >= 0.6 is 11.6 Å². The number of anilines is 1. The van der Waals surface area contributed by atoms with E-state index in [-0.39, 0.29) is 18.2 Å². The number of hydrogen-bond donors (Lipinski definition) is 2. The summed E-state index contributed by atoms with van der Waals surface area (Å²) in [4.78, 5) is 8.83. The molecule has 2 aromatic heterocycles. The number of furan rings is 1. The number of sulfone groups is 1. The highest BCUT2D eigenvalue weighted by Crippen LogP contribution is 2.31. The number of ether oxygens (including phenoxy) is 1. The SMILES string of the molecule is C=CCNC(CS(C)(=O)=O)c1ccc(-c2ccc3ncnc(NCc4ccc(OCc5cccc(F)c5)c(Cl)c4)c3c2)o1. The molecule has 1 unspecified atom stereocenters. The van der Waals surface area contributed by atoms with Gasteiger partial charge in [-0.3, -0.25) is 0 Å². The van der Waals surface area contributed by atoms with Gasteiger partial charge in [0.05, 0.1) is 22.3 Å². The molecule has 0 fully saturated rings. The van der Waals surface area contributed by atoms with Crippen molar-refractivity contribution in [2.24, 2.45) is 0 Å². The van der Waals surface area contributed by atoms with E-state index in [4.69, 9.17) is 20.8 Å². The summed E-state index contributed by atoms with van der Waals surface area (Å²) in [6.45, 7) is 4.77. The third-order valence-corrected chi connectivity index (χ3v) is 7.84. The summed E-state index contributed by atoms with van der Waals surface area (Å²) in [7, 11) is -3.25. The normalized spacial score (nSPS) is 12.3. The average molecular weight is 621 g/mol. The van der Waals surface area contributed by atoms with Crippen LogP contribution in [0.5, 0.6) is 5.75 Å². The maximum atomic E-state index is 13.4. The quantitative estimate of drug-likeness (QED) is 0.140. The van der Waals surface area contributed by atoms with Crippen molar-refractivity contribution >= 4 is 38.2 Å². The average Bonchev–Trinajstić information content (AvgIpc) is 3.47. The molecule has 1 atom stereocenters. The number of benzene rings is 3. The fourth-order valence-corrected chi connectivity index (χ4v) is 5.71. The second-order valence-electron chi connectivity index (χ2n) is 10.0. The summed E-state index contributed by atoms with van der Waals surface area (Å²) in [6.07, 6.45) is 4.36. The molecule has 0 spiro atoms. The molecule has 43 heavy (non-hydrogen) atoms.